The summed E-state index contributed by atoms with van der Waals surface area (Å²) in [6.07, 6.45) is 0.826. The van der Waals surface area contributed by atoms with E-state index in [-0.39, 0.29) is 4.90 Å². The molecular weight excluding hydrogens is 298 g/mol. The van der Waals surface area contributed by atoms with Gasteiger partial charge in [-0.25, -0.2) is 8.42 Å². The fraction of sp³-hybridized carbons (Fsp3) is 0.294. The quantitative estimate of drug-likeness (QED) is 0.871. The molecule has 0 radical (unpaired) electrons. The van der Waals surface area contributed by atoms with Crippen molar-refractivity contribution in [3.8, 4) is 5.75 Å². The first-order chi connectivity index (χ1) is 10.5. The third-order valence-corrected chi connectivity index (χ3v) is 5.98. The lowest BCUT2D eigenvalue weighted by Gasteiger charge is -2.33. The number of nitrogens with zero attached hydrogens (tertiary/aromatic N) is 1. The van der Waals surface area contributed by atoms with Crippen LogP contribution in [0.25, 0.3) is 0 Å². The van der Waals surface area contributed by atoms with Gasteiger partial charge in [-0.1, -0.05) is 25.1 Å². The summed E-state index contributed by atoms with van der Waals surface area (Å²) in [5.41, 5.74) is 1.88. The van der Waals surface area contributed by atoms with Crippen LogP contribution in [0, 0.1) is 0 Å². The molecule has 3 rings (SSSR count). The Kier molecular flexibility index (Phi) is 3.83. The highest BCUT2D eigenvalue weighted by Crippen LogP contribution is 2.37. The second-order valence-electron chi connectivity index (χ2n) is 5.50. The first kappa shape index (κ1) is 14.9. The lowest BCUT2D eigenvalue weighted by atomic mass is 9.93. The van der Waals surface area contributed by atoms with Crippen LogP contribution in [0.3, 0.4) is 0 Å². The molecule has 0 bridgehead atoms. The van der Waals surface area contributed by atoms with E-state index < -0.39 is 10.0 Å². The number of hydrogen-bond donors (Lipinski definition) is 0. The molecule has 0 fully saturated rings. The van der Waals surface area contributed by atoms with E-state index in [1.165, 1.54) is 4.31 Å². The first-order valence-electron chi connectivity index (χ1n) is 7.30. The van der Waals surface area contributed by atoms with E-state index in [4.69, 9.17) is 4.74 Å². The summed E-state index contributed by atoms with van der Waals surface area (Å²) in [4.78, 5) is 0.289. The monoisotopic (exact) mass is 317 g/mol. The van der Waals surface area contributed by atoms with Crippen LogP contribution < -0.4 is 9.04 Å². The largest absolute Gasteiger partial charge is 0.497 e. The Bertz CT molecular complexity index is 769. The zero-order valence-electron chi connectivity index (χ0n) is 12.7. The van der Waals surface area contributed by atoms with Crippen molar-refractivity contribution in [2.75, 3.05) is 18.0 Å². The Labute approximate surface area is 131 Å². The Morgan fingerprint density at radius 1 is 1.09 bits per heavy atom. The molecular formula is C17H19NO3S. The van der Waals surface area contributed by atoms with Gasteiger partial charge < -0.3 is 4.74 Å². The molecule has 1 aliphatic rings. The zero-order chi connectivity index (χ0) is 15.7. The van der Waals surface area contributed by atoms with Crippen molar-refractivity contribution in [1.82, 2.24) is 0 Å². The highest BCUT2D eigenvalue weighted by molar-refractivity contribution is 7.92. The van der Waals surface area contributed by atoms with E-state index in [1.54, 1.807) is 31.4 Å². The third-order valence-electron chi connectivity index (χ3n) is 4.15. The number of benzene rings is 2. The molecule has 0 spiro atoms. The average molecular weight is 317 g/mol. The summed E-state index contributed by atoms with van der Waals surface area (Å²) in [5, 5.41) is 0. The molecule has 0 aliphatic carbocycles. The van der Waals surface area contributed by atoms with Crippen molar-refractivity contribution in [2.45, 2.75) is 24.2 Å². The molecule has 1 unspecified atom stereocenters. The van der Waals surface area contributed by atoms with Crippen LogP contribution in [0.15, 0.2) is 53.4 Å². The van der Waals surface area contributed by atoms with Crippen LogP contribution in [0.4, 0.5) is 5.69 Å². The van der Waals surface area contributed by atoms with Crippen LogP contribution in [0.2, 0.25) is 0 Å². The number of para-hydroxylation sites is 1. The Morgan fingerprint density at radius 3 is 2.45 bits per heavy atom. The van der Waals surface area contributed by atoms with E-state index in [9.17, 15) is 8.42 Å². The van der Waals surface area contributed by atoms with E-state index in [0.717, 1.165) is 17.7 Å². The van der Waals surface area contributed by atoms with E-state index in [1.807, 2.05) is 24.3 Å². The number of sulfonamides is 1. The predicted molar refractivity (Wildman–Crippen MR) is 87.0 cm³/mol. The molecule has 0 N–H and O–H groups in total. The summed E-state index contributed by atoms with van der Waals surface area (Å²) in [5.74, 6) is 1.02. The third kappa shape index (κ3) is 2.46. The Balaban J connectivity index is 2.04. The molecule has 1 heterocycles. The summed E-state index contributed by atoms with van der Waals surface area (Å²) in [6.45, 7) is 2.64. The van der Waals surface area contributed by atoms with Crippen LogP contribution >= 0.6 is 0 Å². The Hall–Kier alpha value is -2.01. The highest BCUT2D eigenvalue weighted by atomic mass is 32.2. The van der Waals surface area contributed by atoms with Gasteiger partial charge in [-0.15, -0.1) is 0 Å². The van der Waals surface area contributed by atoms with Crippen molar-refractivity contribution in [2.24, 2.45) is 0 Å². The van der Waals surface area contributed by atoms with Gasteiger partial charge in [0, 0.05) is 6.54 Å². The van der Waals surface area contributed by atoms with Crippen LogP contribution in [-0.4, -0.2) is 22.1 Å². The topological polar surface area (TPSA) is 46.6 Å². The van der Waals surface area contributed by atoms with E-state index >= 15 is 0 Å². The molecule has 116 valence electrons. The molecule has 0 aromatic heterocycles. The lowest BCUT2D eigenvalue weighted by molar-refractivity contribution is 0.414. The predicted octanol–water partition coefficient (Wildman–Crippen LogP) is 3.40. The molecule has 5 heteroatoms. The second kappa shape index (κ2) is 5.65. The van der Waals surface area contributed by atoms with Crippen molar-refractivity contribution in [1.29, 1.82) is 0 Å². The summed E-state index contributed by atoms with van der Waals surface area (Å²) >= 11 is 0. The maximum absolute atomic E-state index is 12.9. The van der Waals surface area contributed by atoms with Gasteiger partial charge in [-0.3, -0.25) is 4.31 Å². The zero-order valence-corrected chi connectivity index (χ0v) is 13.5. The molecule has 22 heavy (non-hydrogen) atoms. The summed E-state index contributed by atoms with van der Waals surface area (Å²) < 4.78 is 32.5. The van der Waals surface area contributed by atoms with E-state index in [2.05, 4.69) is 6.92 Å². The van der Waals surface area contributed by atoms with Gasteiger partial charge in [-0.05, 0) is 48.2 Å². The average Bonchev–Trinajstić information content (AvgIpc) is 2.55. The van der Waals surface area contributed by atoms with Crippen molar-refractivity contribution < 1.29 is 13.2 Å². The summed E-state index contributed by atoms with van der Waals surface area (Å²) in [7, 11) is -1.98. The second-order valence-corrected chi connectivity index (χ2v) is 7.36. The van der Waals surface area contributed by atoms with Crippen molar-refractivity contribution in [3.63, 3.8) is 0 Å². The number of hydrogen-bond acceptors (Lipinski definition) is 3. The van der Waals surface area contributed by atoms with Crippen molar-refractivity contribution >= 4 is 15.7 Å². The maximum atomic E-state index is 12.9. The molecule has 2 aromatic rings. The first-order valence-corrected chi connectivity index (χ1v) is 8.74. The van der Waals surface area contributed by atoms with Gasteiger partial charge in [0.2, 0.25) is 0 Å². The van der Waals surface area contributed by atoms with Gasteiger partial charge in [0.25, 0.3) is 10.0 Å². The van der Waals surface area contributed by atoms with Gasteiger partial charge in [0.15, 0.2) is 0 Å². The van der Waals surface area contributed by atoms with Crippen molar-refractivity contribution in [3.05, 3.63) is 54.1 Å². The van der Waals surface area contributed by atoms with Gasteiger partial charge in [-0.2, -0.15) is 0 Å². The molecule has 1 aliphatic heterocycles. The normalized spacial score (nSPS) is 17.9. The molecule has 2 aromatic carbocycles. The number of methoxy groups -OCH3 is 1. The SMILES string of the molecule is COc1ccc(S(=O)(=O)N2CCC(C)c3ccccc32)cc1. The highest BCUT2D eigenvalue weighted by Gasteiger charge is 2.31. The van der Waals surface area contributed by atoms with E-state index in [0.29, 0.717) is 18.2 Å². The number of rotatable bonds is 3. The number of anilines is 1. The van der Waals surface area contributed by atoms with Gasteiger partial charge >= 0.3 is 0 Å². The fourth-order valence-electron chi connectivity index (χ4n) is 2.84. The fourth-order valence-corrected chi connectivity index (χ4v) is 4.35. The standard InChI is InChI=1S/C17H19NO3S/c1-13-11-12-18(17-6-4-3-5-16(13)17)22(19,20)15-9-7-14(21-2)8-10-15/h3-10,13H,11-12H2,1-2H3. The molecule has 0 saturated carbocycles. The van der Waals surface area contributed by atoms with Crippen LogP contribution in [-0.2, 0) is 10.0 Å². The minimum atomic E-state index is -3.55. The molecule has 1 atom stereocenters. The van der Waals surface area contributed by atoms with Crippen LogP contribution in [0.1, 0.15) is 24.8 Å². The number of fused-ring (bicyclic) bond motifs is 1. The Morgan fingerprint density at radius 2 is 1.77 bits per heavy atom. The minimum Gasteiger partial charge on any atom is -0.497 e. The molecule has 0 amide bonds. The minimum absolute atomic E-state index is 0.289. The lowest BCUT2D eigenvalue weighted by Crippen LogP contribution is -2.36. The molecule has 4 nitrogen and oxygen atoms in total. The van der Waals surface area contributed by atoms with Crippen LogP contribution in [0.5, 0.6) is 5.75 Å². The van der Waals surface area contributed by atoms with Gasteiger partial charge in [0.1, 0.15) is 5.75 Å². The number of ether oxygens (including phenoxy) is 1. The molecule has 0 saturated heterocycles. The smallest absolute Gasteiger partial charge is 0.264 e. The van der Waals surface area contributed by atoms with Gasteiger partial charge in [0.05, 0.1) is 17.7 Å². The maximum Gasteiger partial charge on any atom is 0.264 e. The summed E-state index contributed by atoms with van der Waals surface area (Å²) in [6, 6.07) is 14.3.